The second-order valence-corrected chi connectivity index (χ2v) is 8.81. The maximum absolute atomic E-state index is 13.0. The highest BCUT2D eigenvalue weighted by atomic mass is 16.2. The molecule has 2 aromatic rings. The first-order valence-electron chi connectivity index (χ1n) is 10.8. The van der Waals surface area contributed by atoms with Crippen LogP contribution in [-0.2, 0) is 15.0 Å². The average Bonchev–Trinajstić information content (AvgIpc) is 3.01. The Balaban J connectivity index is 1.31. The molecule has 2 aromatic carbocycles. The maximum atomic E-state index is 13.0. The third-order valence-electron chi connectivity index (χ3n) is 6.86. The van der Waals surface area contributed by atoms with Gasteiger partial charge >= 0.3 is 0 Å². The summed E-state index contributed by atoms with van der Waals surface area (Å²) in [7, 11) is 0. The topological polar surface area (TPSA) is 122 Å². The van der Waals surface area contributed by atoms with Gasteiger partial charge in [-0.2, -0.15) is 0 Å². The van der Waals surface area contributed by atoms with Crippen molar-refractivity contribution in [1.29, 1.82) is 0 Å². The van der Waals surface area contributed by atoms with Crippen LogP contribution in [0.25, 0.3) is 0 Å². The quantitative estimate of drug-likeness (QED) is 0.617. The Morgan fingerprint density at radius 2 is 1.72 bits per heavy atom. The van der Waals surface area contributed by atoms with E-state index in [1.54, 1.807) is 18.2 Å². The fourth-order valence-corrected chi connectivity index (χ4v) is 5.09. The molecule has 4 amide bonds. The van der Waals surface area contributed by atoms with Gasteiger partial charge in [0.2, 0.25) is 11.8 Å². The number of carbonyl (C=O) groups is 4. The summed E-state index contributed by atoms with van der Waals surface area (Å²) in [6.07, 6.45) is 1.99. The first-order chi connectivity index (χ1) is 15.4. The van der Waals surface area contributed by atoms with E-state index >= 15 is 0 Å². The second-order valence-electron chi connectivity index (χ2n) is 8.81. The Morgan fingerprint density at radius 3 is 2.41 bits per heavy atom. The van der Waals surface area contributed by atoms with E-state index in [-0.39, 0.29) is 41.3 Å². The number of fused-ring (bicyclic) bond motifs is 1. The zero-order valence-corrected chi connectivity index (χ0v) is 17.5. The molecular weight excluding hydrogens is 408 g/mol. The normalized spacial score (nSPS) is 27.1. The Labute approximate surface area is 185 Å². The third-order valence-corrected chi connectivity index (χ3v) is 6.86. The number of nitrogens with zero attached hydrogens (tertiary/aromatic N) is 1. The number of hydrogen-bond acceptors (Lipinski definition) is 6. The van der Waals surface area contributed by atoms with Gasteiger partial charge in [0.25, 0.3) is 11.8 Å². The molecule has 1 unspecified atom stereocenters. The maximum Gasteiger partial charge on any atom is 0.262 e. The van der Waals surface area contributed by atoms with Crippen LogP contribution in [0.1, 0.15) is 52.0 Å². The first kappa shape index (κ1) is 20.4. The van der Waals surface area contributed by atoms with Gasteiger partial charge in [0.1, 0.15) is 6.04 Å². The average molecular weight is 432 g/mol. The van der Waals surface area contributed by atoms with Gasteiger partial charge in [0.15, 0.2) is 0 Å². The van der Waals surface area contributed by atoms with E-state index in [0.29, 0.717) is 6.54 Å². The van der Waals surface area contributed by atoms with Gasteiger partial charge in [-0.15, -0.1) is 0 Å². The summed E-state index contributed by atoms with van der Waals surface area (Å²) in [5.74, 6) is -2.00. The molecule has 0 spiro atoms. The highest BCUT2D eigenvalue weighted by Gasteiger charge is 2.46. The smallest absolute Gasteiger partial charge is 0.262 e. The largest absolute Gasteiger partial charge is 0.382 e. The molecule has 0 bridgehead atoms. The molecule has 4 N–H and O–H groups in total. The fourth-order valence-electron chi connectivity index (χ4n) is 5.09. The summed E-state index contributed by atoms with van der Waals surface area (Å²) >= 11 is 0. The first-order valence-corrected chi connectivity index (χ1v) is 10.8. The molecule has 2 heterocycles. The minimum Gasteiger partial charge on any atom is -0.382 e. The number of piperidine rings is 1. The number of hydrogen-bond donors (Lipinski definition) is 3. The van der Waals surface area contributed by atoms with Crippen molar-refractivity contribution in [2.24, 2.45) is 5.73 Å². The van der Waals surface area contributed by atoms with Crippen molar-refractivity contribution >= 4 is 29.3 Å². The molecule has 8 nitrogen and oxygen atoms in total. The lowest BCUT2D eigenvalue weighted by Gasteiger charge is -2.48. The number of imide groups is 2. The van der Waals surface area contributed by atoms with E-state index in [0.717, 1.165) is 23.4 Å². The number of amides is 4. The van der Waals surface area contributed by atoms with Crippen molar-refractivity contribution in [2.75, 3.05) is 11.9 Å². The molecule has 3 aliphatic rings. The van der Waals surface area contributed by atoms with Crippen molar-refractivity contribution in [2.45, 2.75) is 43.2 Å². The SMILES string of the molecule is NCC1(c2ccccc2)CC(Nc2ccc3c(c2)C(=O)N(C2CCC(=O)NC2=O)C3=O)C1. The predicted molar refractivity (Wildman–Crippen MR) is 117 cm³/mol. The molecule has 2 fully saturated rings. The lowest BCUT2D eigenvalue weighted by atomic mass is 9.61. The van der Waals surface area contributed by atoms with Crippen LogP contribution in [-0.4, -0.2) is 47.2 Å². The summed E-state index contributed by atoms with van der Waals surface area (Å²) < 4.78 is 0. The van der Waals surface area contributed by atoms with Crippen LogP contribution in [0, 0.1) is 0 Å². The minimum atomic E-state index is -0.959. The predicted octanol–water partition coefficient (Wildman–Crippen LogP) is 1.56. The summed E-state index contributed by atoms with van der Waals surface area (Å²) in [5.41, 5.74) is 8.58. The van der Waals surface area contributed by atoms with Crippen LogP contribution in [0.5, 0.6) is 0 Å². The zero-order chi connectivity index (χ0) is 22.5. The van der Waals surface area contributed by atoms with Crippen molar-refractivity contribution in [3.05, 3.63) is 65.2 Å². The molecule has 1 saturated heterocycles. The van der Waals surface area contributed by atoms with Gasteiger partial charge in [-0.1, -0.05) is 30.3 Å². The van der Waals surface area contributed by atoms with Gasteiger partial charge in [0.05, 0.1) is 11.1 Å². The lowest BCUT2D eigenvalue weighted by molar-refractivity contribution is -0.136. The molecule has 5 rings (SSSR count). The summed E-state index contributed by atoms with van der Waals surface area (Å²) in [6.45, 7) is 0.563. The summed E-state index contributed by atoms with van der Waals surface area (Å²) in [5, 5.41) is 5.66. The Bertz CT molecular complexity index is 1120. The number of nitrogens with one attached hydrogen (secondary N) is 2. The molecule has 1 saturated carbocycles. The fraction of sp³-hybridized carbons (Fsp3) is 0.333. The van der Waals surface area contributed by atoms with E-state index in [4.69, 9.17) is 5.73 Å². The van der Waals surface area contributed by atoms with Gasteiger partial charge in [0, 0.05) is 30.1 Å². The molecule has 32 heavy (non-hydrogen) atoms. The Morgan fingerprint density at radius 1 is 1.00 bits per heavy atom. The number of benzene rings is 2. The molecule has 2 aliphatic heterocycles. The van der Waals surface area contributed by atoms with Crippen molar-refractivity contribution in [1.82, 2.24) is 10.2 Å². The van der Waals surface area contributed by atoms with E-state index in [9.17, 15) is 19.2 Å². The third kappa shape index (κ3) is 3.18. The van der Waals surface area contributed by atoms with Crippen molar-refractivity contribution in [3.63, 3.8) is 0 Å². The molecular formula is C24H24N4O4. The molecule has 164 valence electrons. The highest BCUT2D eigenvalue weighted by Crippen LogP contribution is 2.44. The summed E-state index contributed by atoms with van der Waals surface area (Å²) in [6, 6.07) is 14.6. The van der Waals surface area contributed by atoms with Crippen LogP contribution in [0.4, 0.5) is 5.69 Å². The lowest BCUT2D eigenvalue weighted by Crippen LogP contribution is -2.54. The standard InChI is InChI=1S/C24H24N4O4/c25-13-24(14-4-2-1-3-5-14)11-16(12-24)26-15-6-7-17-18(10-15)23(32)28(22(17)31)19-8-9-20(29)27-21(19)30/h1-7,10,16,19,26H,8-9,11-13,25H2,(H,27,29,30). The van der Waals surface area contributed by atoms with E-state index in [2.05, 4.69) is 22.8 Å². The van der Waals surface area contributed by atoms with Crippen LogP contribution in [0.2, 0.25) is 0 Å². The molecule has 1 aliphatic carbocycles. The number of carbonyl (C=O) groups excluding carboxylic acids is 4. The van der Waals surface area contributed by atoms with Crippen LogP contribution in [0.3, 0.4) is 0 Å². The Hall–Kier alpha value is -3.52. The number of rotatable bonds is 5. The van der Waals surface area contributed by atoms with Crippen LogP contribution >= 0.6 is 0 Å². The van der Waals surface area contributed by atoms with Crippen molar-refractivity contribution in [3.8, 4) is 0 Å². The molecule has 0 radical (unpaired) electrons. The Kier molecular flexibility index (Phi) is 4.82. The minimum absolute atomic E-state index is 0.0516. The summed E-state index contributed by atoms with van der Waals surface area (Å²) in [4.78, 5) is 50.4. The van der Waals surface area contributed by atoms with Gasteiger partial charge in [-0.05, 0) is 43.0 Å². The number of anilines is 1. The number of nitrogens with two attached hydrogens (primary N) is 1. The highest BCUT2D eigenvalue weighted by molar-refractivity contribution is 6.23. The van der Waals surface area contributed by atoms with E-state index in [1.165, 1.54) is 5.56 Å². The van der Waals surface area contributed by atoms with Crippen LogP contribution < -0.4 is 16.4 Å². The molecule has 8 heteroatoms. The molecule has 1 atom stereocenters. The second kappa shape index (κ2) is 7.56. The van der Waals surface area contributed by atoms with Crippen LogP contribution in [0.15, 0.2) is 48.5 Å². The zero-order valence-electron chi connectivity index (χ0n) is 17.5. The van der Waals surface area contributed by atoms with Crippen molar-refractivity contribution < 1.29 is 19.2 Å². The molecule has 0 aromatic heterocycles. The monoisotopic (exact) mass is 432 g/mol. The van der Waals surface area contributed by atoms with Gasteiger partial charge in [-0.3, -0.25) is 29.4 Å². The van der Waals surface area contributed by atoms with Gasteiger partial charge in [-0.25, -0.2) is 0 Å². The van der Waals surface area contributed by atoms with E-state index < -0.39 is 23.8 Å². The van der Waals surface area contributed by atoms with E-state index in [1.807, 2.05) is 18.2 Å². The van der Waals surface area contributed by atoms with Gasteiger partial charge < -0.3 is 11.1 Å².